The first-order chi connectivity index (χ1) is 10.1. The monoisotopic (exact) mass is 322 g/mol. The molecule has 2 rings (SSSR count). The molecule has 0 spiro atoms. The summed E-state index contributed by atoms with van der Waals surface area (Å²) in [5, 5.41) is 12.9. The van der Waals surface area contributed by atoms with E-state index >= 15 is 0 Å². The van der Waals surface area contributed by atoms with E-state index in [1.165, 1.54) is 12.5 Å². The standard InChI is InChI=1S/C16H16Cl2N2O/c17-14-8-4-5-11(15(14)18)9-12(10-19)16(21)20-13-6-2-1-3-7-13/h4-5,8-9,13H,1-3,6-7H2,(H,20,21)/b12-9+. The average molecular weight is 323 g/mol. The topological polar surface area (TPSA) is 52.9 Å². The van der Waals surface area contributed by atoms with Crippen LogP contribution in [0.15, 0.2) is 23.8 Å². The maximum atomic E-state index is 12.2. The molecule has 1 N–H and O–H groups in total. The number of rotatable bonds is 3. The van der Waals surface area contributed by atoms with Crippen LogP contribution in [-0.4, -0.2) is 11.9 Å². The van der Waals surface area contributed by atoms with Crippen LogP contribution in [0.5, 0.6) is 0 Å². The average Bonchev–Trinajstić information content (AvgIpc) is 2.49. The van der Waals surface area contributed by atoms with Crippen LogP contribution in [0.25, 0.3) is 6.08 Å². The van der Waals surface area contributed by atoms with Crippen molar-refractivity contribution in [3.63, 3.8) is 0 Å². The predicted molar refractivity (Wildman–Crippen MR) is 85.1 cm³/mol. The number of carbonyl (C=O) groups excluding carboxylic acids is 1. The lowest BCUT2D eigenvalue weighted by atomic mass is 9.95. The molecule has 0 bridgehead atoms. The van der Waals surface area contributed by atoms with Gasteiger partial charge in [0.2, 0.25) is 0 Å². The van der Waals surface area contributed by atoms with E-state index < -0.39 is 0 Å². The summed E-state index contributed by atoms with van der Waals surface area (Å²) in [6.07, 6.45) is 6.88. The molecule has 1 aliphatic carbocycles. The second-order valence-corrected chi connectivity index (χ2v) is 5.91. The Bertz CT molecular complexity index is 599. The zero-order chi connectivity index (χ0) is 15.2. The summed E-state index contributed by atoms with van der Waals surface area (Å²) in [5.41, 5.74) is 0.615. The predicted octanol–water partition coefficient (Wildman–Crippen LogP) is 4.35. The highest BCUT2D eigenvalue weighted by molar-refractivity contribution is 6.43. The number of carbonyl (C=O) groups is 1. The number of benzene rings is 1. The minimum Gasteiger partial charge on any atom is -0.349 e. The molecule has 0 unspecified atom stereocenters. The van der Waals surface area contributed by atoms with Gasteiger partial charge in [-0.3, -0.25) is 4.79 Å². The molecule has 0 heterocycles. The van der Waals surface area contributed by atoms with Crippen LogP contribution in [0.2, 0.25) is 10.0 Å². The number of hydrogen-bond acceptors (Lipinski definition) is 2. The van der Waals surface area contributed by atoms with Crippen molar-refractivity contribution >= 4 is 35.2 Å². The van der Waals surface area contributed by atoms with Gasteiger partial charge in [-0.2, -0.15) is 5.26 Å². The molecular formula is C16H16Cl2N2O. The van der Waals surface area contributed by atoms with Crippen molar-refractivity contribution in [2.45, 2.75) is 38.1 Å². The van der Waals surface area contributed by atoms with E-state index in [0.717, 1.165) is 25.7 Å². The van der Waals surface area contributed by atoms with E-state index in [-0.39, 0.29) is 17.5 Å². The summed E-state index contributed by atoms with van der Waals surface area (Å²) in [4.78, 5) is 12.2. The fraction of sp³-hybridized carbons (Fsp3) is 0.375. The fourth-order valence-electron chi connectivity index (χ4n) is 2.45. The fourth-order valence-corrected chi connectivity index (χ4v) is 2.81. The van der Waals surface area contributed by atoms with Crippen LogP contribution >= 0.6 is 23.2 Å². The van der Waals surface area contributed by atoms with Gasteiger partial charge in [0.25, 0.3) is 5.91 Å². The zero-order valence-electron chi connectivity index (χ0n) is 11.5. The summed E-state index contributed by atoms with van der Waals surface area (Å²) >= 11 is 12.0. The summed E-state index contributed by atoms with van der Waals surface area (Å²) in [6.45, 7) is 0. The molecule has 110 valence electrons. The van der Waals surface area contributed by atoms with E-state index in [1.807, 2.05) is 6.07 Å². The summed E-state index contributed by atoms with van der Waals surface area (Å²) in [7, 11) is 0. The van der Waals surface area contributed by atoms with Gasteiger partial charge in [0, 0.05) is 6.04 Å². The van der Waals surface area contributed by atoms with Gasteiger partial charge >= 0.3 is 0 Å². The maximum Gasteiger partial charge on any atom is 0.262 e. The van der Waals surface area contributed by atoms with Gasteiger partial charge < -0.3 is 5.32 Å². The Kier molecular flexibility index (Phi) is 5.67. The van der Waals surface area contributed by atoms with Crippen LogP contribution in [-0.2, 0) is 4.79 Å². The third-order valence-corrected chi connectivity index (χ3v) is 4.42. The third kappa shape index (κ3) is 4.23. The van der Waals surface area contributed by atoms with Gasteiger partial charge in [-0.15, -0.1) is 0 Å². The van der Waals surface area contributed by atoms with Crippen molar-refractivity contribution in [3.8, 4) is 6.07 Å². The molecule has 0 radical (unpaired) electrons. The Morgan fingerprint density at radius 3 is 2.67 bits per heavy atom. The molecule has 5 heteroatoms. The smallest absolute Gasteiger partial charge is 0.262 e. The summed E-state index contributed by atoms with van der Waals surface area (Å²) in [6, 6.07) is 7.21. The van der Waals surface area contributed by atoms with E-state index in [1.54, 1.807) is 18.2 Å². The molecule has 3 nitrogen and oxygen atoms in total. The molecule has 21 heavy (non-hydrogen) atoms. The normalized spacial score (nSPS) is 16.3. The molecular weight excluding hydrogens is 307 g/mol. The SMILES string of the molecule is N#C/C(=C\c1cccc(Cl)c1Cl)C(=O)NC1CCCCC1. The Balaban J connectivity index is 2.14. The maximum absolute atomic E-state index is 12.2. The van der Waals surface area contributed by atoms with Gasteiger partial charge in [0.1, 0.15) is 11.6 Å². The van der Waals surface area contributed by atoms with Crippen LogP contribution in [0, 0.1) is 11.3 Å². The highest BCUT2D eigenvalue weighted by Gasteiger charge is 2.18. The van der Waals surface area contributed by atoms with Crippen molar-refractivity contribution in [2.75, 3.05) is 0 Å². The van der Waals surface area contributed by atoms with E-state index in [9.17, 15) is 10.1 Å². The van der Waals surface area contributed by atoms with Gasteiger partial charge in [-0.1, -0.05) is 54.6 Å². The van der Waals surface area contributed by atoms with E-state index in [2.05, 4.69) is 5.32 Å². The van der Waals surface area contributed by atoms with Crippen LogP contribution in [0.3, 0.4) is 0 Å². The number of amides is 1. The van der Waals surface area contributed by atoms with Gasteiger partial charge in [0.15, 0.2) is 0 Å². The van der Waals surface area contributed by atoms with E-state index in [4.69, 9.17) is 23.2 Å². The summed E-state index contributed by atoms with van der Waals surface area (Å²) < 4.78 is 0. The minimum absolute atomic E-state index is 0.0461. The lowest BCUT2D eigenvalue weighted by Gasteiger charge is -2.22. The van der Waals surface area contributed by atoms with Crippen molar-refractivity contribution in [3.05, 3.63) is 39.4 Å². The number of hydrogen-bond donors (Lipinski definition) is 1. The third-order valence-electron chi connectivity index (χ3n) is 3.59. The summed E-state index contributed by atoms with van der Waals surface area (Å²) in [5.74, 6) is -0.347. The van der Waals surface area contributed by atoms with Gasteiger partial charge in [-0.25, -0.2) is 0 Å². The lowest BCUT2D eigenvalue weighted by Crippen LogP contribution is -2.36. The van der Waals surface area contributed by atoms with Crippen LogP contribution in [0.4, 0.5) is 0 Å². The lowest BCUT2D eigenvalue weighted by molar-refractivity contribution is -0.117. The molecule has 0 aromatic heterocycles. The highest BCUT2D eigenvalue weighted by atomic mass is 35.5. The molecule has 0 saturated heterocycles. The van der Waals surface area contributed by atoms with Gasteiger partial charge in [-0.05, 0) is 30.5 Å². The molecule has 0 aliphatic heterocycles. The zero-order valence-corrected chi connectivity index (χ0v) is 13.0. The highest BCUT2D eigenvalue weighted by Crippen LogP contribution is 2.27. The number of nitriles is 1. The molecule has 0 atom stereocenters. The van der Waals surface area contributed by atoms with Crippen molar-refractivity contribution in [1.82, 2.24) is 5.32 Å². The molecule has 1 amide bonds. The molecule has 1 aliphatic rings. The van der Waals surface area contributed by atoms with Crippen LogP contribution < -0.4 is 5.32 Å². The second-order valence-electron chi connectivity index (χ2n) is 5.12. The van der Waals surface area contributed by atoms with Crippen LogP contribution in [0.1, 0.15) is 37.7 Å². The van der Waals surface area contributed by atoms with Gasteiger partial charge in [0.05, 0.1) is 10.0 Å². The van der Waals surface area contributed by atoms with Crippen molar-refractivity contribution in [2.24, 2.45) is 0 Å². The Labute approximate surface area is 134 Å². The Morgan fingerprint density at radius 1 is 1.29 bits per heavy atom. The first kappa shape index (κ1) is 15.9. The first-order valence-corrected chi connectivity index (χ1v) is 7.74. The number of nitrogens with zero attached hydrogens (tertiary/aromatic N) is 1. The molecule has 1 aromatic rings. The molecule has 1 aromatic carbocycles. The van der Waals surface area contributed by atoms with Crippen molar-refractivity contribution < 1.29 is 4.79 Å². The van der Waals surface area contributed by atoms with E-state index in [0.29, 0.717) is 15.6 Å². The number of nitrogens with one attached hydrogen (secondary N) is 1. The Hall–Kier alpha value is -1.50. The molecule has 1 saturated carbocycles. The molecule has 1 fully saturated rings. The first-order valence-electron chi connectivity index (χ1n) is 6.98. The minimum atomic E-state index is -0.347. The Morgan fingerprint density at radius 2 is 2.00 bits per heavy atom. The largest absolute Gasteiger partial charge is 0.349 e. The quantitative estimate of drug-likeness (QED) is 0.664. The second kappa shape index (κ2) is 7.49. The van der Waals surface area contributed by atoms with Crippen molar-refractivity contribution in [1.29, 1.82) is 5.26 Å². The number of halogens is 2.